The van der Waals surface area contributed by atoms with E-state index < -0.39 is 0 Å². The Hall–Kier alpha value is -2.31. The van der Waals surface area contributed by atoms with Crippen molar-refractivity contribution in [1.29, 1.82) is 0 Å². The van der Waals surface area contributed by atoms with E-state index in [9.17, 15) is 4.79 Å². The summed E-state index contributed by atoms with van der Waals surface area (Å²) in [5.41, 5.74) is 3.38. The van der Waals surface area contributed by atoms with E-state index in [1.165, 1.54) is 22.9 Å². The van der Waals surface area contributed by atoms with Crippen molar-refractivity contribution in [2.24, 2.45) is 0 Å². The Morgan fingerprint density at radius 3 is 2.27 bits per heavy atom. The van der Waals surface area contributed by atoms with Crippen molar-refractivity contribution in [2.45, 2.75) is 13.8 Å². The number of aryl methyl sites for hydroxylation is 2. The van der Waals surface area contributed by atoms with Crippen LogP contribution in [0.1, 0.15) is 16.7 Å². The maximum absolute atomic E-state index is 11.7. The van der Waals surface area contributed by atoms with Gasteiger partial charge in [0, 0.05) is 0 Å². The largest absolute Gasteiger partial charge is 0.490 e. The zero-order valence-electron chi connectivity index (χ0n) is 14.6. The van der Waals surface area contributed by atoms with Crippen LogP contribution >= 0.6 is 24.0 Å². The predicted molar refractivity (Wildman–Crippen MR) is 110 cm³/mol. The number of carbonyl (C=O) groups is 1. The molecule has 26 heavy (non-hydrogen) atoms. The molecule has 6 heteroatoms. The smallest absolute Gasteiger partial charge is 0.263 e. The number of benzene rings is 2. The molecule has 3 rings (SSSR count). The molecule has 0 radical (unpaired) electrons. The summed E-state index contributed by atoms with van der Waals surface area (Å²) in [6, 6.07) is 13.6. The monoisotopic (exact) mass is 385 g/mol. The van der Waals surface area contributed by atoms with Gasteiger partial charge in [-0.05, 0) is 60.9 Å². The third-order valence-electron chi connectivity index (χ3n) is 3.92. The molecule has 2 aromatic carbocycles. The molecule has 1 aliphatic heterocycles. The lowest BCUT2D eigenvalue weighted by atomic mass is 10.1. The molecule has 1 amide bonds. The highest BCUT2D eigenvalue weighted by Crippen LogP contribution is 2.26. The zero-order valence-corrected chi connectivity index (χ0v) is 16.2. The van der Waals surface area contributed by atoms with Gasteiger partial charge in [-0.15, -0.1) is 0 Å². The number of rotatable bonds is 6. The van der Waals surface area contributed by atoms with Crippen molar-refractivity contribution in [1.82, 2.24) is 5.32 Å². The first-order valence-corrected chi connectivity index (χ1v) is 9.41. The lowest BCUT2D eigenvalue weighted by Crippen LogP contribution is -2.17. The summed E-state index contributed by atoms with van der Waals surface area (Å²) in [5, 5.41) is 2.60. The van der Waals surface area contributed by atoms with Crippen LogP contribution in [0.4, 0.5) is 0 Å². The van der Waals surface area contributed by atoms with Gasteiger partial charge in [-0.25, -0.2) is 0 Å². The van der Waals surface area contributed by atoms with Gasteiger partial charge in [-0.3, -0.25) is 4.79 Å². The minimum atomic E-state index is -0.149. The summed E-state index contributed by atoms with van der Waals surface area (Å²) in [6.07, 6.45) is 1.81. The van der Waals surface area contributed by atoms with Gasteiger partial charge in [-0.1, -0.05) is 42.2 Å². The van der Waals surface area contributed by atoms with E-state index in [0.717, 1.165) is 17.1 Å². The topological polar surface area (TPSA) is 47.6 Å². The summed E-state index contributed by atoms with van der Waals surface area (Å²) >= 11 is 6.25. The second kappa shape index (κ2) is 8.38. The molecule has 0 unspecified atom stereocenters. The van der Waals surface area contributed by atoms with Gasteiger partial charge in [0.1, 0.15) is 29.0 Å². The van der Waals surface area contributed by atoms with E-state index in [0.29, 0.717) is 22.4 Å². The van der Waals surface area contributed by atoms with E-state index >= 15 is 0 Å². The van der Waals surface area contributed by atoms with Gasteiger partial charge < -0.3 is 14.8 Å². The standard InChI is InChI=1S/C20H19NO3S2/c1-13-3-6-17(11-14(13)2)24-10-9-23-16-7-4-15(5-8-16)12-18-19(22)21-20(25)26-18/h3-8,11-12H,9-10H2,1-2H3,(H,21,22,25). The average molecular weight is 386 g/mol. The molecular weight excluding hydrogens is 366 g/mol. The molecule has 0 spiro atoms. The first-order chi connectivity index (χ1) is 12.5. The van der Waals surface area contributed by atoms with Crippen LogP contribution in [-0.4, -0.2) is 23.4 Å². The highest BCUT2D eigenvalue weighted by Gasteiger charge is 2.21. The summed E-state index contributed by atoms with van der Waals surface area (Å²) in [4.78, 5) is 12.3. The Morgan fingerprint density at radius 1 is 1.00 bits per heavy atom. The molecule has 0 bridgehead atoms. The SMILES string of the molecule is Cc1ccc(OCCOc2ccc(C=C3SC(=S)NC3=O)cc2)cc1C. The molecule has 1 heterocycles. The van der Waals surface area contributed by atoms with Crippen LogP contribution < -0.4 is 14.8 Å². The highest BCUT2D eigenvalue weighted by atomic mass is 32.2. The average Bonchev–Trinajstić information content (AvgIpc) is 2.93. The van der Waals surface area contributed by atoms with Gasteiger partial charge in [0.25, 0.3) is 5.91 Å². The lowest BCUT2D eigenvalue weighted by molar-refractivity contribution is -0.115. The fourth-order valence-corrected chi connectivity index (χ4v) is 3.40. The minimum Gasteiger partial charge on any atom is -0.490 e. The molecule has 1 saturated heterocycles. The lowest BCUT2D eigenvalue weighted by Gasteiger charge is -2.10. The first kappa shape index (κ1) is 18.5. The number of hydrogen-bond donors (Lipinski definition) is 1. The van der Waals surface area contributed by atoms with E-state index in [1.54, 1.807) is 0 Å². The number of hydrogen-bond acceptors (Lipinski definition) is 5. The summed E-state index contributed by atoms with van der Waals surface area (Å²) in [5.74, 6) is 1.46. The molecule has 0 aromatic heterocycles. The third-order valence-corrected chi connectivity index (χ3v) is 5.08. The van der Waals surface area contributed by atoms with Gasteiger partial charge in [0.05, 0.1) is 4.91 Å². The molecule has 134 valence electrons. The van der Waals surface area contributed by atoms with Gasteiger partial charge in [0.2, 0.25) is 0 Å². The third kappa shape index (κ3) is 4.86. The van der Waals surface area contributed by atoms with Crippen molar-refractivity contribution in [3.63, 3.8) is 0 Å². The number of carbonyl (C=O) groups excluding carboxylic acids is 1. The number of ether oxygens (including phenoxy) is 2. The van der Waals surface area contributed by atoms with E-state index in [-0.39, 0.29) is 5.91 Å². The van der Waals surface area contributed by atoms with Crippen molar-refractivity contribution >= 4 is 40.3 Å². The van der Waals surface area contributed by atoms with Gasteiger partial charge >= 0.3 is 0 Å². The molecule has 4 nitrogen and oxygen atoms in total. The highest BCUT2D eigenvalue weighted by molar-refractivity contribution is 8.26. The Morgan fingerprint density at radius 2 is 1.65 bits per heavy atom. The first-order valence-electron chi connectivity index (χ1n) is 8.19. The van der Waals surface area contributed by atoms with E-state index in [4.69, 9.17) is 21.7 Å². The fourth-order valence-electron chi connectivity index (χ4n) is 2.36. The Bertz CT molecular complexity index is 860. The Kier molecular flexibility index (Phi) is 5.96. The minimum absolute atomic E-state index is 0.149. The number of nitrogens with one attached hydrogen (secondary N) is 1. The Balaban J connectivity index is 1.48. The Labute approximate surface area is 162 Å². The van der Waals surface area contributed by atoms with Gasteiger partial charge in [-0.2, -0.15) is 0 Å². The van der Waals surface area contributed by atoms with Crippen LogP contribution in [0.2, 0.25) is 0 Å². The molecule has 2 aromatic rings. The van der Waals surface area contributed by atoms with Crippen LogP contribution in [0.15, 0.2) is 47.4 Å². The predicted octanol–water partition coefficient (Wildman–Crippen LogP) is 4.25. The summed E-state index contributed by atoms with van der Waals surface area (Å²) in [7, 11) is 0. The normalized spacial score (nSPS) is 15.2. The quantitative estimate of drug-likeness (QED) is 0.458. The fraction of sp³-hybridized carbons (Fsp3) is 0.200. The maximum Gasteiger partial charge on any atom is 0.263 e. The van der Waals surface area contributed by atoms with Crippen LogP contribution in [0.3, 0.4) is 0 Å². The second-order valence-corrected chi connectivity index (χ2v) is 7.58. The molecule has 0 atom stereocenters. The zero-order chi connectivity index (χ0) is 18.5. The van der Waals surface area contributed by atoms with Crippen molar-refractivity contribution in [3.05, 3.63) is 64.1 Å². The van der Waals surface area contributed by atoms with Crippen LogP contribution in [-0.2, 0) is 4.79 Å². The molecule has 0 aliphatic carbocycles. The van der Waals surface area contributed by atoms with Gasteiger partial charge in [0.15, 0.2) is 0 Å². The van der Waals surface area contributed by atoms with Crippen LogP contribution in [0, 0.1) is 13.8 Å². The van der Waals surface area contributed by atoms with Crippen molar-refractivity contribution in [3.8, 4) is 11.5 Å². The number of amides is 1. The summed E-state index contributed by atoms with van der Waals surface area (Å²) in [6.45, 7) is 5.08. The van der Waals surface area contributed by atoms with Crippen LogP contribution in [0.5, 0.6) is 11.5 Å². The number of thiocarbonyl (C=S) groups is 1. The molecule has 1 fully saturated rings. The molecule has 1 aliphatic rings. The van der Waals surface area contributed by atoms with Crippen molar-refractivity contribution < 1.29 is 14.3 Å². The maximum atomic E-state index is 11.7. The number of thioether (sulfide) groups is 1. The second-order valence-electron chi connectivity index (χ2n) is 5.86. The molecule has 1 N–H and O–H groups in total. The molecular formula is C20H19NO3S2. The summed E-state index contributed by atoms with van der Waals surface area (Å²) < 4.78 is 11.9. The van der Waals surface area contributed by atoms with E-state index in [1.807, 2.05) is 48.5 Å². The van der Waals surface area contributed by atoms with E-state index in [2.05, 4.69) is 19.2 Å². The van der Waals surface area contributed by atoms with Crippen LogP contribution in [0.25, 0.3) is 6.08 Å². The van der Waals surface area contributed by atoms with Crippen molar-refractivity contribution in [2.75, 3.05) is 13.2 Å². The molecule has 0 saturated carbocycles.